The molecule has 3 aromatic rings. The van der Waals surface area contributed by atoms with Crippen LogP contribution in [0.1, 0.15) is 46.8 Å². The first-order chi connectivity index (χ1) is 17.9. The van der Waals surface area contributed by atoms with Crippen molar-refractivity contribution in [3.63, 3.8) is 0 Å². The highest BCUT2D eigenvalue weighted by atomic mass is 16.5. The van der Waals surface area contributed by atoms with Gasteiger partial charge in [0.05, 0.1) is 25.5 Å². The van der Waals surface area contributed by atoms with E-state index in [9.17, 15) is 14.4 Å². The minimum atomic E-state index is -0.251. The highest BCUT2D eigenvalue weighted by Crippen LogP contribution is 2.23. The van der Waals surface area contributed by atoms with Gasteiger partial charge in [-0.15, -0.1) is 0 Å². The molecule has 1 atom stereocenters. The van der Waals surface area contributed by atoms with E-state index in [1.807, 2.05) is 79.7 Å². The average molecular weight is 499 g/mol. The third kappa shape index (κ3) is 6.85. The summed E-state index contributed by atoms with van der Waals surface area (Å²) >= 11 is 0. The number of piperidine rings is 1. The Morgan fingerprint density at radius 2 is 1.70 bits per heavy atom. The van der Waals surface area contributed by atoms with Crippen LogP contribution in [0, 0.1) is 12.8 Å². The Balaban J connectivity index is 1.48. The van der Waals surface area contributed by atoms with Crippen LogP contribution in [0.5, 0.6) is 0 Å². The summed E-state index contributed by atoms with van der Waals surface area (Å²) in [4.78, 5) is 42.1. The Hall–Kier alpha value is -3.93. The molecule has 0 saturated carbocycles. The Morgan fingerprint density at radius 1 is 0.946 bits per heavy atom. The van der Waals surface area contributed by atoms with Gasteiger partial charge in [0.25, 0.3) is 5.91 Å². The van der Waals surface area contributed by atoms with E-state index in [4.69, 9.17) is 4.74 Å². The fourth-order valence-electron chi connectivity index (χ4n) is 4.75. The highest BCUT2D eigenvalue weighted by Gasteiger charge is 2.29. The van der Waals surface area contributed by atoms with Crippen LogP contribution in [-0.2, 0) is 27.3 Å². The van der Waals surface area contributed by atoms with Gasteiger partial charge in [0.1, 0.15) is 0 Å². The molecule has 6 heteroatoms. The van der Waals surface area contributed by atoms with E-state index in [1.165, 1.54) is 0 Å². The number of ether oxygens (including phenoxy) is 1. The van der Waals surface area contributed by atoms with Gasteiger partial charge in [0.15, 0.2) is 0 Å². The van der Waals surface area contributed by atoms with Crippen molar-refractivity contribution in [2.24, 2.45) is 5.92 Å². The van der Waals surface area contributed by atoms with Gasteiger partial charge in [-0.2, -0.15) is 0 Å². The molecule has 3 aromatic carbocycles. The number of benzene rings is 3. The topological polar surface area (TPSA) is 66.9 Å². The minimum absolute atomic E-state index is 0.00118. The highest BCUT2D eigenvalue weighted by molar-refractivity contribution is 6.06. The number of carbonyl (C=O) groups is 3. The third-order valence-corrected chi connectivity index (χ3v) is 6.69. The number of amides is 2. The lowest BCUT2D eigenvalue weighted by Crippen LogP contribution is -2.43. The van der Waals surface area contributed by atoms with E-state index >= 15 is 0 Å². The van der Waals surface area contributed by atoms with Gasteiger partial charge in [-0.1, -0.05) is 60.2 Å². The third-order valence-electron chi connectivity index (χ3n) is 6.69. The maximum Gasteiger partial charge on any atom is 0.310 e. The van der Waals surface area contributed by atoms with E-state index in [1.54, 1.807) is 16.7 Å². The van der Waals surface area contributed by atoms with Crippen molar-refractivity contribution in [1.82, 2.24) is 4.90 Å². The summed E-state index contributed by atoms with van der Waals surface area (Å²) in [5.41, 5.74) is 4.45. The molecule has 1 heterocycles. The van der Waals surface area contributed by atoms with Gasteiger partial charge in [0, 0.05) is 24.3 Å². The molecule has 0 aromatic heterocycles. The Labute approximate surface area is 218 Å². The van der Waals surface area contributed by atoms with Gasteiger partial charge in [0.2, 0.25) is 5.91 Å². The Morgan fingerprint density at radius 3 is 2.41 bits per heavy atom. The second-order valence-corrected chi connectivity index (χ2v) is 9.52. The predicted octanol–water partition coefficient (Wildman–Crippen LogP) is 5.19. The lowest BCUT2D eigenvalue weighted by molar-refractivity contribution is -0.151. The van der Waals surface area contributed by atoms with Crippen LogP contribution in [0.2, 0.25) is 0 Å². The van der Waals surface area contributed by atoms with Crippen LogP contribution in [0.3, 0.4) is 0 Å². The van der Waals surface area contributed by atoms with Crippen molar-refractivity contribution in [2.45, 2.75) is 39.7 Å². The van der Waals surface area contributed by atoms with Crippen molar-refractivity contribution in [2.75, 3.05) is 24.6 Å². The van der Waals surface area contributed by atoms with Crippen LogP contribution in [0.4, 0.5) is 5.69 Å². The first-order valence-electron chi connectivity index (χ1n) is 12.9. The average Bonchev–Trinajstić information content (AvgIpc) is 2.92. The van der Waals surface area contributed by atoms with Crippen LogP contribution in [0.25, 0.3) is 0 Å². The molecule has 1 aliphatic rings. The number of nitrogens with zero attached hydrogens (tertiary/aromatic N) is 2. The largest absolute Gasteiger partial charge is 0.466 e. The molecule has 1 aliphatic heterocycles. The first-order valence-corrected chi connectivity index (χ1v) is 12.9. The predicted molar refractivity (Wildman–Crippen MR) is 144 cm³/mol. The molecule has 4 rings (SSSR count). The molecule has 0 aliphatic carbocycles. The van der Waals surface area contributed by atoms with Crippen molar-refractivity contribution in [3.05, 3.63) is 101 Å². The van der Waals surface area contributed by atoms with Crippen LogP contribution < -0.4 is 4.90 Å². The quantitative estimate of drug-likeness (QED) is 0.401. The zero-order chi connectivity index (χ0) is 26.2. The first kappa shape index (κ1) is 26.1. The number of hydrogen-bond acceptors (Lipinski definition) is 4. The maximum absolute atomic E-state index is 13.5. The minimum Gasteiger partial charge on any atom is -0.466 e. The fourth-order valence-corrected chi connectivity index (χ4v) is 4.75. The number of likely N-dealkylation sites (tertiary alicyclic amines) is 1. The van der Waals surface area contributed by atoms with E-state index in [0.29, 0.717) is 31.8 Å². The van der Waals surface area contributed by atoms with Crippen molar-refractivity contribution < 1.29 is 19.1 Å². The van der Waals surface area contributed by atoms with Crippen LogP contribution >= 0.6 is 0 Å². The summed E-state index contributed by atoms with van der Waals surface area (Å²) in [5.74, 6) is -0.552. The molecule has 1 saturated heterocycles. The molecule has 6 nitrogen and oxygen atoms in total. The molecule has 192 valence electrons. The molecule has 37 heavy (non-hydrogen) atoms. The second kappa shape index (κ2) is 12.3. The smallest absolute Gasteiger partial charge is 0.310 e. The maximum atomic E-state index is 13.5. The molecular weight excluding hydrogens is 464 g/mol. The lowest BCUT2D eigenvalue weighted by atomic mass is 9.97. The number of hydrogen-bond donors (Lipinski definition) is 0. The molecular formula is C31H34N2O4. The van der Waals surface area contributed by atoms with Crippen LogP contribution in [0.15, 0.2) is 78.9 Å². The zero-order valence-electron chi connectivity index (χ0n) is 21.6. The molecule has 0 spiro atoms. The summed E-state index contributed by atoms with van der Waals surface area (Å²) in [6.45, 7) is 5.69. The Kier molecular flexibility index (Phi) is 8.72. The fraction of sp³-hybridized carbons (Fsp3) is 0.323. The van der Waals surface area contributed by atoms with Gasteiger partial charge in [-0.3, -0.25) is 14.4 Å². The summed E-state index contributed by atoms with van der Waals surface area (Å²) in [5, 5.41) is 0. The van der Waals surface area contributed by atoms with E-state index in [2.05, 4.69) is 6.07 Å². The van der Waals surface area contributed by atoms with Gasteiger partial charge in [-0.05, 0) is 62.1 Å². The van der Waals surface area contributed by atoms with Gasteiger partial charge < -0.3 is 14.5 Å². The van der Waals surface area contributed by atoms with Crippen molar-refractivity contribution in [3.8, 4) is 0 Å². The van der Waals surface area contributed by atoms with Gasteiger partial charge in [-0.25, -0.2) is 0 Å². The van der Waals surface area contributed by atoms with E-state index in [0.717, 1.165) is 35.2 Å². The summed E-state index contributed by atoms with van der Waals surface area (Å²) in [6.07, 6.45) is 1.80. The van der Waals surface area contributed by atoms with Gasteiger partial charge >= 0.3 is 5.97 Å². The molecule has 0 radical (unpaired) electrons. The number of anilines is 1. The number of esters is 1. The summed E-state index contributed by atoms with van der Waals surface area (Å²) in [6, 6.07) is 25.0. The Bertz CT molecular complexity index is 1220. The normalized spacial score (nSPS) is 15.2. The monoisotopic (exact) mass is 498 g/mol. The lowest BCUT2D eigenvalue weighted by Gasteiger charge is -2.31. The molecule has 0 N–H and O–H groups in total. The molecule has 1 fully saturated rings. The van der Waals surface area contributed by atoms with Crippen molar-refractivity contribution in [1.29, 1.82) is 0 Å². The standard InChI is InChI=1S/C31H34N2O4/c1-3-37-31(36)27-13-8-18-32(22-27)29(34)20-24-14-16-28(17-15-24)33(21-25-10-7-9-23(2)19-25)30(35)26-11-5-4-6-12-26/h4-7,9-12,14-17,19,27H,3,8,13,18,20-22H2,1-2H3. The molecule has 2 amide bonds. The summed E-state index contributed by atoms with van der Waals surface area (Å²) in [7, 11) is 0. The number of carbonyl (C=O) groups excluding carboxylic acids is 3. The molecule has 1 unspecified atom stereocenters. The number of aryl methyl sites for hydroxylation is 1. The van der Waals surface area contributed by atoms with E-state index < -0.39 is 0 Å². The number of rotatable bonds is 8. The SMILES string of the molecule is CCOC(=O)C1CCCN(C(=O)Cc2ccc(N(Cc3cccc(C)c3)C(=O)c3ccccc3)cc2)C1. The summed E-state index contributed by atoms with van der Waals surface area (Å²) < 4.78 is 5.15. The van der Waals surface area contributed by atoms with Crippen molar-refractivity contribution >= 4 is 23.5 Å². The van der Waals surface area contributed by atoms with Crippen LogP contribution in [-0.4, -0.2) is 42.4 Å². The van der Waals surface area contributed by atoms with E-state index in [-0.39, 0.29) is 30.1 Å². The molecule has 0 bridgehead atoms. The zero-order valence-corrected chi connectivity index (χ0v) is 21.6. The second-order valence-electron chi connectivity index (χ2n) is 9.52.